The van der Waals surface area contributed by atoms with Gasteiger partial charge in [-0.3, -0.25) is 4.79 Å². The summed E-state index contributed by atoms with van der Waals surface area (Å²) in [6, 6.07) is 1.73. The highest BCUT2D eigenvalue weighted by Gasteiger charge is 2.11. The summed E-state index contributed by atoms with van der Waals surface area (Å²) in [5.41, 5.74) is 0.590. The summed E-state index contributed by atoms with van der Waals surface area (Å²) >= 11 is 5.45. The normalized spacial score (nSPS) is 10.9. The number of hydrogen-bond acceptors (Lipinski definition) is 2. The lowest BCUT2D eigenvalue weighted by atomic mass is 10.2. The van der Waals surface area contributed by atoms with Crippen molar-refractivity contribution in [2.75, 3.05) is 12.4 Å². The quantitative estimate of drug-likeness (QED) is 0.634. The first-order chi connectivity index (χ1) is 7.15. The van der Waals surface area contributed by atoms with E-state index in [2.05, 4.69) is 5.32 Å². The summed E-state index contributed by atoms with van der Waals surface area (Å²) in [4.78, 5) is 11.6. The number of allylic oxidation sites excluding steroid dienone is 1. The number of furan rings is 1. The van der Waals surface area contributed by atoms with E-state index in [1.165, 1.54) is 0 Å². The minimum atomic E-state index is -0.122. The Bertz CT molecular complexity index is 369. The van der Waals surface area contributed by atoms with E-state index in [-0.39, 0.29) is 5.91 Å². The molecule has 0 aliphatic heterocycles. The Morgan fingerprint density at radius 2 is 2.27 bits per heavy atom. The van der Waals surface area contributed by atoms with Crippen LogP contribution in [0.1, 0.15) is 21.9 Å². The van der Waals surface area contributed by atoms with Crippen molar-refractivity contribution >= 4 is 17.5 Å². The lowest BCUT2D eigenvalue weighted by Crippen LogP contribution is -2.23. The minimum Gasteiger partial charge on any atom is -0.466 e. The van der Waals surface area contributed by atoms with Gasteiger partial charge in [0.05, 0.1) is 5.56 Å². The van der Waals surface area contributed by atoms with Crippen molar-refractivity contribution in [1.82, 2.24) is 5.32 Å². The third kappa shape index (κ3) is 3.44. The summed E-state index contributed by atoms with van der Waals surface area (Å²) in [6.45, 7) is 4.07. The summed E-state index contributed by atoms with van der Waals surface area (Å²) < 4.78 is 5.26. The summed E-state index contributed by atoms with van der Waals surface area (Å²) in [6.07, 6.45) is 3.60. The van der Waals surface area contributed by atoms with E-state index in [0.29, 0.717) is 23.7 Å². The lowest BCUT2D eigenvalue weighted by molar-refractivity contribution is 0.0956. The number of nitrogens with one attached hydrogen (secondary N) is 1. The molecule has 0 bridgehead atoms. The molecular formula is C11H14ClNO2. The summed E-state index contributed by atoms with van der Waals surface area (Å²) in [5, 5.41) is 2.74. The van der Waals surface area contributed by atoms with Crippen molar-refractivity contribution in [3.8, 4) is 0 Å². The molecule has 1 amide bonds. The molecular weight excluding hydrogens is 214 g/mol. The molecule has 0 saturated heterocycles. The zero-order valence-corrected chi connectivity index (χ0v) is 9.60. The van der Waals surface area contributed by atoms with E-state index in [4.69, 9.17) is 16.0 Å². The third-order valence-electron chi connectivity index (χ3n) is 1.92. The highest BCUT2D eigenvalue weighted by molar-refractivity contribution is 6.18. The fourth-order valence-corrected chi connectivity index (χ4v) is 1.38. The molecule has 0 saturated carbocycles. The van der Waals surface area contributed by atoms with Gasteiger partial charge in [0.25, 0.3) is 5.91 Å². The van der Waals surface area contributed by atoms with Gasteiger partial charge in [-0.2, -0.15) is 0 Å². The van der Waals surface area contributed by atoms with Crippen LogP contribution in [-0.2, 0) is 0 Å². The first-order valence-electron chi connectivity index (χ1n) is 4.71. The molecule has 0 unspecified atom stereocenters. The monoisotopic (exact) mass is 227 g/mol. The Morgan fingerprint density at radius 3 is 2.80 bits per heavy atom. The van der Waals surface area contributed by atoms with Crippen LogP contribution in [0.25, 0.3) is 0 Å². The van der Waals surface area contributed by atoms with Crippen LogP contribution in [0.4, 0.5) is 0 Å². The van der Waals surface area contributed by atoms with Gasteiger partial charge >= 0.3 is 0 Å². The fourth-order valence-electron chi connectivity index (χ4n) is 1.25. The van der Waals surface area contributed by atoms with Gasteiger partial charge in [0.1, 0.15) is 11.5 Å². The second-order valence-corrected chi connectivity index (χ2v) is 3.47. The summed E-state index contributed by atoms with van der Waals surface area (Å²) in [5.74, 6) is 1.73. The number of aryl methyl sites for hydroxylation is 2. The van der Waals surface area contributed by atoms with Gasteiger partial charge < -0.3 is 9.73 Å². The van der Waals surface area contributed by atoms with E-state index in [9.17, 15) is 4.79 Å². The van der Waals surface area contributed by atoms with E-state index >= 15 is 0 Å². The molecule has 1 aromatic heterocycles. The molecule has 0 aromatic carbocycles. The maximum atomic E-state index is 11.6. The van der Waals surface area contributed by atoms with Gasteiger partial charge in [-0.05, 0) is 19.9 Å². The molecule has 1 aromatic rings. The van der Waals surface area contributed by atoms with Crippen LogP contribution in [0.2, 0.25) is 0 Å². The van der Waals surface area contributed by atoms with Crippen molar-refractivity contribution in [3.05, 3.63) is 35.3 Å². The smallest absolute Gasteiger partial charge is 0.255 e. The average molecular weight is 228 g/mol. The molecule has 0 aliphatic rings. The predicted octanol–water partition coefficient (Wildman–Crippen LogP) is 2.42. The van der Waals surface area contributed by atoms with Crippen molar-refractivity contribution in [1.29, 1.82) is 0 Å². The summed E-state index contributed by atoms with van der Waals surface area (Å²) in [7, 11) is 0. The predicted molar refractivity (Wildman–Crippen MR) is 60.4 cm³/mol. The lowest BCUT2D eigenvalue weighted by Gasteiger charge is -1.99. The molecule has 82 valence electrons. The maximum absolute atomic E-state index is 11.6. The molecule has 3 nitrogen and oxygen atoms in total. The number of hydrogen-bond donors (Lipinski definition) is 1. The maximum Gasteiger partial charge on any atom is 0.255 e. The molecule has 0 radical (unpaired) electrons. The fraction of sp³-hybridized carbons (Fsp3) is 0.364. The van der Waals surface area contributed by atoms with E-state index in [1.807, 2.05) is 13.0 Å². The van der Waals surface area contributed by atoms with Crippen LogP contribution in [-0.4, -0.2) is 18.3 Å². The number of alkyl halides is 1. The molecule has 1 N–H and O–H groups in total. The van der Waals surface area contributed by atoms with Crippen molar-refractivity contribution in [2.45, 2.75) is 13.8 Å². The van der Waals surface area contributed by atoms with Gasteiger partial charge in [-0.25, -0.2) is 0 Å². The van der Waals surface area contributed by atoms with Crippen molar-refractivity contribution in [2.24, 2.45) is 0 Å². The van der Waals surface area contributed by atoms with Crippen LogP contribution in [0, 0.1) is 13.8 Å². The molecule has 15 heavy (non-hydrogen) atoms. The molecule has 0 fully saturated rings. The molecule has 0 atom stereocenters. The van der Waals surface area contributed by atoms with Gasteiger partial charge in [-0.15, -0.1) is 11.6 Å². The Morgan fingerprint density at radius 1 is 1.53 bits per heavy atom. The van der Waals surface area contributed by atoms with E-state index < -0.39 is 0 Å². The number of amides is 1. The SMILES string of the molecule is Cc1cc(C(=O)NC/C=C/CCl)c(C)o1. The molecule has 1 heterocycles. The number of halogens is 1. The zero-order valence-electron chi connectivity index (χ0n) is 8.84. The molecule has 0 spiro atoms. The molecule has 1 rings (SSSR count). The van der Waals surface area contributed by atoms with Crippen molar-refractivity contribution < 1.29 is 9.21 Å². The first kappa shape index (κ1) is 11.9. The zero-order chi connectivity index (χ0) is 11.3. The topological polar surface area (TPSA) is 42.2 Å². The van der Waals surface area contributed by atoms with Crippen molar-refractivity contribution in [3.63, 3.8) is 0 Å². The Balaban J connectivity index is 2.54. The number of carbonyl (C=O) groups excluding carboxylic acids is 1. The van der Waals surface area contributed by atoms with Gasteiger partial charge in [0.2, 0.25) is 0 Å². The molecule has 0 aliphatic carbocycles. The second-order valence-electron chi connectivity index (χ2n) is 3.16. The third-order valence-corrected chi connectivity index (χ3v) is 2.10. The van der Waals surface area contributed by atoms with E-state index in [0.717, 1.165) is 5.76 Å². The Kier molecular flexibility index (Phi) is 4.43. The van der Waals surface area contributed by atoms with Crippen LogP contribution < -0.4 is 5.32 Å². The van der Waals surface area contributed by atoms with Crippen LogP contribution in [0.5, 0.6) is 0 Å². The van der Waals surface area contributed by atoms with Gasteiger partial charge in [0.15, 0.2) is 0 Å². The average Bonchev–Trinajstić information content (AvgIpc) is 2.52. The van der Waals surface area contributed by atoms with Gasteiger partial charge in [0, 0.05) is 12.4 Å². The highest BCUT2D eigenvalue weighted by Crippen LogP contribution is 2.12. The van der Waals surface area contributed by atoms with Crippen LogP contribution in [0.15, 0.2) is 22.6 Å². The number of carbonyl (C=O) groups is 1. The Labute approximate surface area is 94.1 Å². The number of rotatable bonds is 4. The Hall–Kier alpha value is -1.22. The molecule has 4 heteroatoms. The van der Waals surface area contributed by atoms with Crippen LogP contribution in [0.3, 0.4) is 0 Å². The second kappa shape index (κ2) is 5.61. The standard InChI is InChI=1S/C11H14ClNO2/c1-8-7-10(9(2)15-8)11(14)13-6-4-3-5-12/h3-4,7H,5-6H2,1-2H3,(H,13,14)/b4-3+. The minimum absolute atomic E-state index is 0.122. The first-order valence-corrected chi connectivity index (χ1v) is 5.24. The largest absolute Gasteiger partial charge is 0.466 e. The van der Waals surface area contributed by atoms with Gasteiger partial charge in [-0.1, -0.05) is 12.2 Å². The highest BCUT2D eigenvalue weighted by atomic mass is 35.5. The van der Waals surface area contributed by atoms with E-state index in [1.54, 1.807) is 19.1 Å². The van der Waals surface area contributed by atoms with Crippen LogP contribution >= 0.6 is 11.6 Å².